The van der Waals surface area contributed by atoms with Gasteiger partial charge in [0.2, 0.25) is 0 Å². The van der Waals surface area contributed by atoms with Crippen molar-refractivity contribution in [3.63, 3.8) is 0 Å². The van der Waals surface area contributed by atoms with Crippen LogP contribution in [0.15, 0.2) is 88.6 Å². The molecule has 0 bridgehead atoms. The van der Waals surface area contributed by atoms with Gasteiger partial charge in [-0.3, -0.25) is 9.79 Å². The monoisotopic (exact) mass is 402 g/mol. The van der Waals surface area contributed by atoms with Crippen LogP contribution in [0.25, 0.3) is 10.9 Å². The number of benzene rings is 3. The van der Waals surface area contributed by atoms with Gasteiger partial charge in [0.25, 0.3) is 5.56 Å². The molecular formula is C24H19ClN2O2. The van der Waals surface area contributed by atoms with Gasteiger partial charge in [-0.15, -0.1) is 0 Å². The predicted molar refractivity (Wildman–Crippen MR) is 118 cm³/mol. The second kappa shape index (κ2) is 8.33. The van der Waals surface area contributed by atoms with E-state index in [9.17, 15) is 9.90 Å². The maximum atomic E-state index is 13.2. The van der Waals surface area contributed by atoms with Crippen LogP contribution in [0.4, 0.5) is 0 Å². The minimum absolute atomic E-state index is 0.0807. The van der Waals surface area contributed by atoms with Crippen LogP contribution in [0.5, 0.6) is 5.75 Å². The summed E-state index contributed by atoms with van der Waals surface area (Å²) in [6.07, 6.45) is 1.46. The zero-order chi connectivity index (χ0) is 20.2. The topological polar surface area (TPSA) is 54.6 Å². The van der Waals surface area contributed by atoms with Crippen LogP contribution in [0.1, 0.15) is 16.7 Å². The Labute approximate surface area is 173 Å². The van der Waals surface area contributed by atoms with E-state index >= 15 is 0 Å². The highest BCUT2D eigenvalue weighted by Crippen LogP contribution is 2.28. The second-order valence-electron chi connectivity index (χ2n) is 6.76. The summed E-state index contributed by atoms with van der Waals surface area (Å²) in [7, 11) is 0. The van der Waals surface area contributed by atoms with Gasteiger partial charge in [0, 0.05) is 16.6 Å². The Bertz CT molecular complexity index is 1230. The molecule has 0 spiro atoms. The number of pyridine rings is 1. The number of aromatic nitrogens is 1. The van der Waals surface area contributed by atoms with E-state index in [2.05, 4.69) is 4.99 Å². The lowest BCUT2D eigenvalue weighted by atomic mass is 10.1. The van der Waals surface area contributed by atoms with Crippen LogP contribution in [-0.4, -0.2) is 15.9 Å². The van der Waals surface area contributed by atoms with Gasteiger partial charge in [-0.1, -0.05) is 72.3 Å². The molecule has 0 amide bonds. The largest absolute Gasteiger partial charge is 0.506 e. The summed E-state index contributed by atoms with van der Waals surface area (Å²) in [6, 6.07) is 24.6. The van der Waals surface area contributed by atoms with E-state index in [1.807, 2.05) is 60.7 Å². The molecule has 4 rings (SSSR count). The molecule has 1 heterocycles. The number of rotatable bonds is 5. The lowest BCUT2D eigenvalue weighted by Gasteiger charge is -2.14. The van der Waals surface area contributed by atoms with Gasteiger partial charge >= 0.3 is 0 Å². The Kier molecular flexibility index (Phi) is 5.45. The molecule has 3 aromatic carbocycles. The third-order valence-electron chi connectivity index (χ3n) is 4.76. The summed E-state index contributed by atoms with van der Waals surface area (Å²) in [5.74, 6) is -0.0807. The number of nitrogens with zero attached hydrogens (tertiary/aromatic N) is 2. The van der Waals surface area contributed by atoms with Crippen molar-refractivity contribution in [2.75, 3.05) is 0 Å². The van der Waals surface area contributed by atoms with Crippen LogP contribution in [-0.2, 0) is 13.1 Å². The van der Waals surface area contributed by atoms with Crippen LogP contribution >= 0.6 is 11.6 Å². The molecule has 0 aliphatic rings. The Hall–Kier alpha value is -3.37. The van der Waals surface area contributed by atoms with Gasteiger partial charge in [0.05, 0.1) is 18.6 Å². The van der Waals surface area contributed by atoms with Gasteiger partial charge in [0.1, 0.15) is 11.3 Å². The zero-order valence-electron chi connectivity index (χ0n) is 15.6. The fraction of sp³-hybridized carbons (Fsp3) is 0.0833. The number of halogens is 1. The molecule has 0 saturated heterocycles. The molecule has 0 aliphatic heterocycles. The molecule has 0 unspecified atom stereocenters. The highest BCUT2D eigenvalue weighted by atomic mass is 35.5. The van der Waals surface area contributed by atoms with Crippen molar-refractivity contribution in [2.45, 2.75) is 13.1 Å². The number of hydrogen-bond donors (Lipinski definition) is 1. The van der Waals surface area contributed by atoms with Crippen LogP contribution in [0.3, 0.4) is 0 Å². The fourth-order valence-electron chi connectivity index (χ4n) is 3.29. The van der Waals surface area contributed by atoms with Crippen molar-refractivity contribution >= 4 is 28.7 Å². The molecule has 1 N–H and O–H groups in total. The molecule has 5 heteroatoms. The summed E-state index contributed by atoms with van der Waals surface area (Å²) >= 11 is 6.17. The Morgan fingerprint density at radius 3 is 2.28 bits per heavy atom. The van der Waals surface area contributed by atoms with E-state index in [1.165, 1.54) is 6.21 Å². The fourth-order valence-corrected chi connectivity index (χ4v) is 3.46. The van der Waals surface area contributed by atoms with Crippen molar-refractivity contribution in [1.29, 1.82) is 0 Å². The first-order chi connectivity index (χ1) is 14.1. The molecule has 0 radical (unpaired) electrons. The van der Waals surface area contributed by atoms with Gasteiger partial charge in [-0.2, -0.15) is 0 Å². The van der Waals surface area contributed by atoms with Crippen molar-refractivity contribution in [3.05, 3.63) is 111 Å². The molecule has 1 aromatic heterocycles. The molecule has 4 aromatic rings. The van der Waals surface area contributed by atoms with Gasteiger partial charge in [-0.25, -0.2) is 0 Å². The molecular weight excluding hydrogens is 384 g/mol. The van der Waals surface area contributed by atoms with E-state index in [0.717, 1.165) is 11.1 Å². The van der Waals surface area contributed by atoms with E-state index in [0.29, 0.717) is 29.0 Å². The summed E-state index contributed by atoms with van der Waals surface area (Å²) in [5.41, 5.74) is 2.46. The summed E-state index contributed by atoms with van der Waals surface area (Å²) in [6.45, 7) is 0.799. The van der Waals surface area contributed by atoms with Crippen LogP contribution < -0.4 is 5.56 Å². The van der Waals surface area contributed by atoms with Crippen molar-refractivity contribution in [1.82, 2.24) is 4.57 Å². The quantitative estimate of drug-likeness (QED) is 0.476. The number of aliphatic imine (C=N–C) groups is 1. The maximum absolute atomic E-state index is 13.2. The smallest absolute Gasteiger partial charge is 0.263 e. The average Bonchev–Trinajstić information content (AvgIpc) is 2.75. The maximum Gasteiger partial charge on any atom is 0.263 e. The molecule has 0 saturated carbocycles. The van der Waals surface area contributed by atoms with Gasteiger partial charge in [0.15, 0.2) is 0 Å². The average molecular weight is 403 g/mol. The van der Waals surface area contributed by atoms with E-state index < -0.39 is 0 Å². The lowest BCUT2D eigenvalue weighted by molar-refractivity contribution is 0.478. The summed E-state index contributed by atoms with van der Waals surface area (Å²) < 4.78 is 1.63. The first-order valence-corrected chi connectivity index (χ1v) is 9.64. The van der Waals surface area contributed by atoms with E-state index in [4.69, 9.17) is 11.6 Å². The highest BCUT2D eigenvalue weighted by molar-refractivity contribution is 6.31. The normalized spacial score (nSPS) is 11.3. The molecule has 0 atom stereocenters. The Balaban J connectivity index is 1.82. The standard InChI is InChI=1S/C24H19ClN2O2/c25-19-11-12-20-22(13-19)27(16-18-9-5-2-6-10-18)24(29)21(23(20)28)15-26-14-17-7-3-1-4-8-17/h1-13,15,28H,14,16H2. The number of fused-ring (bicyclic) bond motifs is 1. The third-order valence-corrected chi connectivity index (χ3v) is 4.99. The zero-order valence-corrected chi connectivity index (χ0v) is 16.4. The number of hydrogen-bond acceptors (Lipinski definition) is 3. The summed E-state index contributed by atoms with van der Waals surface area (Å²) in [4.78, 5) is 17.6. The molecule has 4 nitrogen and oxygen atoms in total. The van der Waals surface area contributed by atoms with Crippen molar-refractivity contribution in [3.8, 4) is 5.75 Å². The lowest BCUT2D eigenvalue weighted by Crippen LogP contribution is -2.25. The second-order valence-corrected chi connectivity index (χ2v) is 7.19. The first kappa shape index (κ1) is 19.0. The van der Waals surface area contributed by atoms with Gasteiger partial charge < -0.3 is 9.67 Å². The molecule has 0 aliphatic carbocycles. The molecule has 144 valence electrons. The molecule has 29 heavy (non-hydrogen) atoms. The van der Waals surface area contributed by atoms with E-state index in [1.54, 1.807) is 22.8 Å². The van der Waals surface area contributed by atoms with Crippen LogP contribution in [0.2, 0.25) is 5.02 Å². The minimum Gasteiger partial charge on any atom is -0.506 e. The van der Waals surface area contributed by atoms with Gasteiger partial charge in [-0.05, 0) is 29.3 Å². The molecule has 0 fully saturated rings. The first-order valence-electron chi connectivity index (χ1n) is 9.26. The van der Waals surface area contributed by atoms with Crippen LogP contribution in [0, 0.1) is 0 Å². The minimum atomic E-state index is -0.307. The van der Waals surface area contributed by atoms with Crippen molar-refractivity contribution in [2.24, 2.45) is 4.99 Å². The highest BCUT2D eigenvalue weighted by Gasteiger charge is 2.15. The predicted octanol–water partition coefficient (Wildman–Crippen LogP) is 5.03. The Morgan fingerprint density at radius 2 is 1.59 bits per heavy atom. The van der Waals surface area contributed by atoms with E-state index in [-0.39, 0.29) is 16.9 Å². The third kappa shape index (κ3) is 4.08. The van der Waals surface area contributed by atoms with Crippen molar-refractivity contribution < 1.29 is 5.11 Å². The number of aromatic hydroxyl groups is 1. The Morgan fingerprint density at radius 1 is 0.931 bits per heavy atom. The SMILES string of the molecule is O=c1c(C=NCc2ccccc2)c(O)c2ccc(Cl)cc2n1Cc1ccccc1. The summed E-state index contributed by atoms with van der Waals surface area (Å²) in [5, 5.41) is 11.8.